The third kappa shape index (κ3) is 8.55. The maximum Gasteiger partial charge on any atom is 0.220 e. The predicted octanol–water partition coefficient (Wildman–Crippen LogP) is 3.75. The summed E-state index contributed by atoms with van der Waals surface area (Å²) in [5.41, 5.74) is 1.47. The van der Waals surface area contributed by atoms with Crippen LogP contribution in [0.4, 0.5) is 0 Å². The van der Waals surface area contributed by atoms with Crippen molar-refractivity contribution in [2.45, 2.75) is 45.0 Å². The highest BCUT2D eigenvalue weighted by atomic mass is 79.9. The second-order valence-electron chi connectivity index (χ2n) is 6.96. The van der Waals surface area contributed by atoms with E-state index in [4.69, 9.17) is 4.74 Å². The van der Waals surface area contributed by atoms with Gasteiger partial charge in [0.25, 0.3) is 0 Å². The van der Waals surface area contributed by atoms with Gasteiger partial charge in [-0.05, 0) is 59.5 Å². The molecule has 0 unspecified atom stereocenters. The minimum absolute atomic E-state index is 0.0984. The monoisotopic (exact) mass is 482 g/mol. The molecule has 0 bridgehead atoms. The molecule has 0 aromatic heterocycles. The van der Waals surface area contributed by atoms with Crippen LogP contribution in [-0.4, -0.2) is 27.0 Å². The minimum atomic E-state index is -3.43. The number of para-hydroxylation sites is 1. The van der Waals surface area contributed by atoms with E-state index in [1.807, 2.05) is 36.4 Å². The topological polar surface area (TPSA) is 84.5 Å². The fourth-order valence-corrected chi connectivity index (χ4v) is 4.63. The van der Waals surface area contributed by atoms with Crippen LogP contribution in [0.2, 0.25) is 0 Å². The van der Waals surface area contributed by atoms with Crippen LogP contribution in [0.25, 0.3) is 0 Å². The van der Waals surface area contributed by atoms with Crippen molar-refractivity contribution in [2.24, 2.45) is 0 Å². The summed E-state index contributed by atoms with van der Waals surface area (Å²) in [6.07, 6.45) is 0.918. The second-order valence-corrected chi connectivity index (χ2v) is 9.57. The molecule has 2 N–H and O–H groups in total. The fourth-order valence-electron chi connectivity index (χ4n) is 2.74. The molecular formula is C21H27BrN2O4S. The Bertz CT molecular complexity index is 916. The Balaban J connectivity index is 1.80. The zero-order valence-corrected chi connectivity index (χ0v) is 19.1. The smallest absolute Gasteiger partial charge is 0.220 e. The zero-order valence-electron chi connectivity index (χ0n) is 16.7. The summed E-state index contributed by atoms with van der Waals surface area (Å²) in [6.45, 7) is 4.29. The molecule has 1 amide bonds. The maximum atomic E-state index is 12.2. The zero-order chi connectivity index (χ0) is 21.3. The summed E-state index contributed by atoms with van der Waals surface area (Å²) in [5.74, 6) is 0.536. The summed E-state index contributed by atoms with van der Waals surface area (Å²) < 4.78 is 33.5. The lowest BCUT2D eigenvalue weighted by Crippen LogP contribution is -2.32. The Morgan fingerprint density at radius 1 is 1.07 bits per heavy atom. The number of hydrogen-bond donors (Lipinski definition) is 2. The lowest BCUT2D eigenvalue weighted by molar-refractivity contribution is -0.121. The van der Waals surface area contributed by atoms with E-state index in [0.717, 1.165) is 15.8 Å². The van der Waals surface area contributed by atoms with Crippen molar-refractivity contribution in [2.75, 3.05) is 6.61 Å². The molecule has 0 atom stereocenters. The van der Waals surface area contributed by atoms with Gasteiger partial charge in [0.2, 0.25) is 15.9 Å². The van der Waals surface area contributed by atoms with E-state index >= 15 is 0 Å². The first-order chi connectivity index (χ1) is 13.8. The van der Waals surface area contributed by atoms with Crippen LogP contribution < -0.4 is 14.8 Å². The quantitative estimate of drug-likeness (QED) is 0.477. The molecule has 158 valence electrons. The van der Waals surface area contributed by atoms with E-state index in [2.05, 4.69) is 26.0 Å². The van der Waals surface area contributed by atoms with Gasteiger partial charge < -0.3 is 10.1 Å². The molecule has 6 nitrogen and oxygen atoms in total. The molecule has 2 rings (SSSR count). The van der Waals surface area contributed by atoms with Crippen LogP contribution in [0.5, 0.6) is 5.75 Å². The van der Waals surface area contributed by atoms with Crippen molar-refractivity contribution in [3.8, 4) is 5.75 Å². The lowest BCUT2D eigenvalue weighted by Gasteiger charge is -2.13. The largest absolute Gasteiger partial charge is 0.492 e. The van der Waals surface area contributed by atoms with Crippen molar-refractivity contribution >= 4 is 31.9 Å². The maximum absolute atomic E-state index is 12.2. The average molecular weight is 483 g/mol. The van der Waals surface area contributed by atoms with Crippen LogP contribution in [-0.2, 0) is 27.1 Å². The Hall–Kier alpha value is -1.90. The van der Waals surface area contributed by atoms with Crippen LogP contribution in [0.1, 0.15) is 37.8 Å². The van der Waals surface area contributed by atoms with E-state index in [1.54, 1.807) is 26.0 Å². The SMILES string of the molecule is CC(C)NS(=O)(=O)Cc1ccccc1CNC(=O)CCCOc1ccccc1Br. The number of ether oxygens (including phenoxy) is 1. The van der Waals surface area contributed by atoms with Crippen LogP contribution in [0.3, 0.4) is 0 Å². The molecule has 0 aliphatic carbocycles. The number of hydrogen-bond acceptors (Lipinski definition) is 4. The number of benzene rings is 2. The first kappa shape index (κ1) is 23.4. The Morgan fingerprint density at radius 3 is 2.41 bits per heavy atom. The van der Waals surface area contributed by atoms with Gasteiger partial charge in [-0.1, -0.05) is 36.4 Å². The van der Waals surface area contributed by atoms with Crippen LogP contribution in [0, 0.1) is 0 Å². The van der Waals surface area contributed by atoms with Crippen LogP contribution >= 0.6 is 15.9 Å². The Kier molecular flexibility index (Phi) is 9.13. The van der Waals surface area contributed by atoms with E-state index in [9.17, 15) is 13.2 Å². The fraction of sp³-hybridized carbons (Fsp3) is 0.381. The van der Waals surface area contributed by atoms with Gasteiger partial charge in [0.1, 0.15) is 5.75 Å². The van der Waals surface area contributed by atoms with Crippen LogP contribution in [0.15, 0.2) is 53.0 Å². The van der Waals surface area contributed by atoms with Crippen molar-refractivity contribution in [1.82, 2.24) is 10.0 Å². The Labute approximate surface area is 181 Å². The number of halogens is 1. The first-order valence-corrected chi connectivity index (χ1v) is 11.9. The highest BCUT2D eigenvalue weighted by Crippen LogP contribution is 2.23. The second kappa shape index (κ2) is 11.3. The normalized spacial score (nSPS) is 11.4. The molecule has 29 heavy (non-hydrogen) atoms. The van der Waals surface area contributed by atoms with E-state index < -0.39 is 10.0 Å². The molecule has 0 saturated carbocycles. The molecule has 0 spiro atoms. The Morgan fingerprint density at radius 2 is 1.72 bits per heavy atom. The molecular weight excluding hydrogens is 456 g/mol. The molecule has 0 aliphatic heterocycles. The van der Waals surface area contributed by atoms with Gasteiger partial charge in [0, 0.05) is 19.0 Å². The van der Waals surface area contributed by atoms with Crippen molar-refractivity contribution in [3.05, 3.63) is 64.1 Å². The van der Waals surface area contributed by atoms with Gasteiger partial charge in [-0.3, -0.25) is 4.79 Å². The number of carbonyl (C=O) groups is 1. The summed E-state index contributed by atoms with van der Waals surface area (Å²) in [4.78, 5) is 12.1. The number of carbonyl (C=O) groups excluding carboxylic acids is 1. The number of nitrogens with one attached hydrogen (secondary N) is 2. The highest BCUT2D eigenvalue weighted by Gasteiger charge is 2.15. The molecule has 2 aromatic carbocycles. The molecule has 8 heteroatoms. The molecule has 0 fully saturated rings. The van der Waals surface area contributed by atoms with E-state index in [0.29, 0.717) is 25.0 Å². The van der Waals surface area contributed by atoms with Gasteiger partial charge in [-0.15, -0.1) is 0 Å². The van der Waals surface area contributed by atoms with E-state index in [1.165, 1.54) is 0 Å². The summed E-state index contributed by atoms with van der Waals surface area (Å²) >= 11 is 3.42. The summed E-state index contributed by atoms with van der Waals surface area (Å²) in [7, 11) is -3.43. The van der Waals surface area contributed by atoms with Crippen molar-refractivity contribution < 1.29 is 17.9 Å². The third-order valence-electron chi connectivity index (χ3n) is 4.00. The summed E-state index contributed by atoms with van der Waals surface area (Å²) in [6, 6.07) is 14.6. The van der Waals surface area contributed by atoms with E-state index in [-0.39, 0.29) is 24.2 Å². The predicted molar refractivity (Wildman–Crippen MR) is 118 cm³/mol. The van der Waals surface area contributed by atoms with Gasteiger partial charge in [0.15, 0.2) is 0 Å². The molecule has 0 radical (unpaired) electrons. The standard InChI is InChI=1S/C21H27BrN2O4S/c1-16(2)24-29(26,27)15-18-9-4-3-8-17(18)14-23-21(25)12-7-13-28-20-11-6-5-10-19(20)22/h3-6,8-11,16,24H,7,12-15H2,1-2H3,(H,23,25). The minimum Gasteiger partial charge on any atom is -0.492 e. The lowest BCUT2D eigenvalue weighted by atomic mass is 10.1. The average Bonchev–Trinajstić information content (AvgIpc) is 2.64. The van der Waals surface area contributed by atoms with Gasteiger partial charge in [-0.25, -0.2) is 13.1 Å². The molecule has 0 aliphatic rings. The number of amides is 1. The third-order valence-corrected chi connectivity index (χ3v) is 6.17. The highest BCUT2D eigenvalue weighted by molar-refractivity contribution is 9.10. The first-order valence-electron chi connectivity index (χ1n) is 9.47. The van der Waals surface area contributed by atoms with Gasteiger partial charge in [-0.2, -0.15) is 0 Å². The van der Waals surface area contributed by atoms with Crippen molar-refractivity contribution in [1.29, 1.82) is 0 Å². The molecule has 2 aromatic rings. The summed E-state index contributed by atoms with van der Waals surface area (Å²) in [5, 5.41) is 2.86. The van der Waals surface area contributed by atoms with Crippen molar-refractivity contribution in [3.63, 3.8) is 0 Å². The van der Waals surface area contributed by atoms with Gasteiger partial charge in [0.05, 0.1) is 16.8 Å². The molecule has 0 heterocycles. The number of rotatable bonds is 11. The number of sulfonamides is 1. The van der Waals surface area contributed by atoms with Gasteiger partial charge >= 0.3 is 0 Å². The molecule has 0 saturated heterocycles.